The second kappa shape index (κ2) is 2.59. The summed E-state index contributed by atoms with van der Waals surface area (Å²) >= 11 is 8.81. The Morgan fingerprint density at radius 1 is 1.55 bits per heavy atom. The van der Waals surface area contributed by atoms with E-state index in [0.29, 0.717) is 9.90 Å². The highest BCUT2D eigenvalue weighted by atomic mass is 35.5. The van der Waals surface area contributed by atoms with Gasteiger partial charge in [-0.1, -0.05) is 11.6 Å². The van der Waals surface area contributed by atoms with Gasteiger partial charge >= 0.3 is 0 Å². The maximum Gasteiger partial charge on any atom is 0.153 e. The molecule has 0 saturated carbocycles. The molecule has 0 unspecified atom stereocenters. The molecule has 0 aliphatic rings. The van der Waals surface area contributed by atoms with Crippen molar-refractivity contribution >= 4 is 50.0 Å². The summed E-state index contributed by atoms with van der Waals surface area (Å²) in [7, 11) is 0. The lowest BCUT2D eigenvalue weighted by Crippen LogP contribution is -1.71. The van der Waals surface area contributed by atoms with Crippen LogP contribution in [0.3, 0.4) is 0 Å². The smallest absolute Gasteiger partial charge is 0.153 e. The third-order valence-corrected chi connectivity index (χ3v) is 3.87. The third kappa shape index (κ3) is 1.00. The summed E-state index contributed by atoms with van der Waals surface area (Å²) in [5.41, 5.74) is 0.640. The SMILES string of the molecule is O=Cc1c(Cl)sc2ccsc12. The summed E-state index contributed by atoms with van der Waals surface area (Å²) in [6, 6.07) is 1.98. The minimum absolute atomic E-state index is 0.599. The second-order valence-electron chi connectivity index (χ2n) is 2.02. The molecule has 11 heavy (non-hydrogen) atoms. The standard InChI is InChI=1S/C7H3ClOS2/c8-7-4(3-9)6-5(11-7)1-2-10-6/h1-3H. The molecule has 0 aliphatic heterocycles. The van der Waals surface area contributed by atoms with Crippen LogP contribution in [0.15, 0.2) is 11.4 Å². The molecule has 0 aliphatic carbocycles. The Morgan fingerprint density at radius 2 is 2.36 bits per heavy atom. The van der Waals surface area contributed by atoms with E-state index in [2.05, 4.69) is 0 Å². The molecule has 0 radical (unpaired) electrons. The van der Waals surface area contributed by atoms with Crippen molar-refractivity contribution in [3.05, 3.63) is 21.3 Å². The number of halogens is 1. The molecule has 1 nitrogen and oxygen atoms in total. The van der Waals surface area contributed by atoms with Crippen molar-refractivity contribution in [2.75, 3.05) is 0 Å². The van der Waals surface area contributed by atoms with Gasteiger partial charge in [-0.05, 0) is 11.4 Å². The summed E-state index contributed by atoms with van der Waals surface area (Å²) in [5, 5.41) is 1.96. The summed E-state index contributed by atoms with van der Waals surface area (Å²) in [5.74, 6) is 0. The van der Waals surface area contributed by atoms with E-state index in [1.54, 1.807) is 11.3 Å². The molecule has 4 heteroatoms. The zero-order valence-corrected chi connectivity index (χ0v) is 7.72. The topological polar surface area (TPSA) is 17.1 Å². The van der Waals surface area contributed by atoms with E-state index in [-0.39, 0.29) is 0 Å². The molecule has 0 fully saturated rings. The predicted octanol–water partition coefficient (Wildman–Crippen LogP) is 3.43. The number of carbonyl (C=O) groups excluding carboxylic acids is 1. The molecule has 0 saturated heterocycles. The first-order valence-electron chi connectivity index (χ1n) is 2.93. The summed E-state index contributed by atoms with van der Waals surface area (Å²) < 4.78 is 2.71. The summed E-state index contributed by atoms with van der Waals surface area (Å²) in [6.45, 7) is 0. The van der Waals surface area contributed by atoms with Gasteiger partial charge in [0.25, 0.3) is 0 Å². The lowest BCUT2D eigenvalue weighted by Gasteiger charge is -1.80. The molecule has 0 spiro atoms. The van der Waals surface area contributed by atoms with Gasteiger partial charge in [0.2, 0.25) is 0 Å². The van der Waals surface area contributed by atoms with Gasteiger partial charge in [0.15, 0.2) is 6.29 Å². The highest BCUT2D eigenvalue weighted by Gasteiger charge is 2.09. The average Bonchev–Trinajstić information content (AvgIpc) is 2.46. The van der Waals surface area contributed by atoms with E-state index < -0.39 is 0 Å². The largest absolute Gasteiger partial charge is 0.298 e. The van der Waals surface area contributed by atoms with Crippen molar-refractivity contribution in [3.8, 4) is 0 Å². The van der Waals surface area contributed by atoms with E-state index >= 15 is 0 Å². The van der Waals surface area contributed by atoms with Gasteiger partial charge in [-0.2, -0.15) is 0 Å². The minimum atomic E-state index is 0.599. The molecular weight excluding hydrogens is 200 g/mol. The highest BCUT2D eigenvalue weighted by molar-refractivity contribution is 7.29. The molecular formula is C7H3ClOS2. The van der Waals surface area contributed by atoms with Crippen LogP contribution in [-0.2, 0) is 0 Å². The molecule has 2 heterocycles. The molecule has 2 aromatic rings. The monoisotopic (exact) mass is 202 g/mol. The number of hydrogen-bond donors (Lipinski definition) is 0. The van der Waals surface area contributed by atoms with Gasteiger partial charge in [-0.25, -0.2) is 0 Å². The minimum Gasteiger partial charge on any atom is -0.298 e. The van der Waals surface area contributed by atoms with Crippen LogP contribution in [-0.4, -0.2) is 6.29 Å². The van der Waals surface area contributed by atoms with Crippen LogP contribution in [0, 0.1) is 0 Å². The number of thiophene rings is 2. The van der Waals surface area contributed by atoms with Crippen molar-refractivity contribution < 1.29 is 4.79 Å². The first kappa shape index (κ1) is 7.28. The quantitative estimate of drug-likeness (QED) is 0.648. The van der Waals surface area contributed by atoms with E-state index in [4.69, 9.17) is 11.6 Å². The Morgan fingerprint density at radius 3 is 3.09 bits per heavy atom. The molecule has 2 rings (SSSR count). The Labute approximate surface area is 76.2 Å². The van der Waals surface area contributed by atoms with Crippen molar-refractivity contribution in [2.24, 2.45) is 0 Å². The van der Waals surface area contributed by atoms with Crippen molar-refractivity contribution in [2.45, 2.75) is 0 Å². The van der Waals surface area contributed by atoms with E-state index in [9.17, 15) is 4.79 Å². The molecule has 0 aromatic carbocycles. The Bertz CT molecular complexity index is 401. The van der Waals surface area contributed by atoms with Gasteiger partial charge in [-0.15, -0.1) is 22.7 Å². The van der Waals surface area contributed by atoms with E-state index in [0.717, 1.165) is 15.7 Å². The van der Waals surface area contributed by atoms with Gasteiger partial charge in [0.05, 0.1) is 10.3 Å². The number of hydrogen-bond acceptors (Lipinski definition) is 3. The van der Waals surface area contributed by atoms with Crippen LogP contribution < -0.4 is 0 Å². The molecule has 2 aromatic heterocycles. The van der Waals surface area contributed by atoms with Crippen LogP contribution in [0.2, 0.25) is 4.34 Å². The second-order valence-corrected chi connectivity index (χ2v) is 4.59. The normalized spacial score (nSPS) is 10.6. The zero-order valence-electron chi connectivity index (χ0n) is 5.33. The molecule has 0 amide bonds. The Hall–Kier alpha value is -0.380. The van der Waals surface area contributed by atoms with Gasteiger partial charge < -0.3 is 0 Å². The first-order valence-corrected chi connectivity index (χ1v) is 5.01. The van der Waals surface area contributed by atoms with Crippen LogP contribution in [0.5, 0.6) is 0 Å². The van der Waals surface area contributed by atoms with Gasteiger partial charge in [0, 0.05) is 4.70 Å². The van der Waals surface area contributed by atoms with Crippen LogP contribution in [0.25, 0.3) is 9.40 Å². The van der Waals surface area contributed by atoms with Crippen LogP contribution in [0.1, 0.15) is 10.4 Å². The molecule has 0 N–H and O–H groups in total. The van der Waals surface area contributed by atoms with Crippen molar-refractivity contribution in [1.29, 1.82) is 0 Å². The van der Waals surface area contributed by atoms with Crippen LogP contribution in [0.4, 0.5) is 0 Å². The fourth-order valence-corrected chi connectivity index (χ4v) is 3.37. The third-order valence-electron chi connectivity index (χ3n) is 1.40. The lowest BCUT2D eigenvalue weighted by molar-refractivity contribution is 0.112. The number of rotatable bonds is 1. The van der Waals surface area contributed by atoms with Gasteiger partial charge in [0.1, 0.15) is 4.34 Å². The van der Waals surface area contributed by atoms with Crippen molar-refractivity contribution in [1.82, 2.24) is 0 Å². The highest BCUT2D eigenvalue weighted by Crippen LogP contribution is 2.37. The van der Waals surface area contributed by atoms with Gasteiger partial charge in [-0.3, -0.25) is 4.79 Å². The zero-order chi connectivity index (χ0) is 7.84. The summed E-state index contributed by atoms with van der Waals surface area (Å²) in [6.07, 6.45) is 0.817. The number of carbonyl (C=O) groups is 1. The number of aldehydes is 1. The van der Waals surface area contributed by atoms with Crippen LogP contribution >= 0.6 is 34.3 Å². The Balaban J connectivity index is 2.90. The predicted molar refractivity (Wildman–Crippen MR) is 50.1 cm³/mol. The fraction of sp³-hybridized carbons (Fsp3) is 0. The average molecular weight is 203 g/mol. The number of fused-ring (bicyclic) bond motifs is 1. The maximum absolute atomic E-state index is 10.5. The lowest BCUT2D eigenvalue weighted by atomic mass is 10.3. The molecule has 0 bridgehead atoms. The summed E-state index contributed by atoms with van der Waals surface area (Å²) in [4.78, 5) is 10.5. The first-order chi connectivity index (χ1) is 5.33. The van der Waals surface area contributed by atoms with Crippen molar-refractivity contribution in [3.63, 3.8) is 0 Å². The molecule has 0 atom stereocenters. The fourth-order valence-electron chi connectivity index (χ4n) is 0.915. The van der Waals surface area contributed by atoms with E-state index in [1.165, 1.54) is 11.3 Å². The Kier molecular flexibility index (Phi) is 1.71. The van der Waals surface area contributed by atoms with E-state index in [1.807, 2.05) is 11.4 Å². The molecule has 56 valence electrons. The maximum atomic E-state index is 10.5.